The summed E-state index contributed by atoms with van der Waals surface area (Å²) in [5, 5.41) is 0. The van der Waals surface area contributed by atoms with Gasteiger partial charge in [0.25, 0.3) is 0 Å². The molecule has 0 atom stereocenters. The van der Waals surface area contributed by atoms with Crippen molar-refractivity contribution in [1.29, 1.82) is 0 Å². The van der Waals surface area contributed by atoms with Gasteiger partial charge in [0, 0.05) is 11.3 Å². The third-order valence-electron chi connectivity index (χ3n) is 2.50. The minimum Gasteiger partial charge on any atom is -0.454 e. The van der Waals surface area contributed by atoms with Crippen molar-refractivity contribution in [2.75, 3.05) is 13.3 Å². The van der Waals surface area contributed by atoms with Gasteiger partial charge in [0.2, 0.25) is 6.79 Å². The van der Waals surface area contributed by atoms with Crippen molar-refractivity contribution in [2.24, 2.45) is 5.73 Å². The van der Waals surface area contributed by atoms with Gasteiger partial charge in [0.15, 0.2) is 11.5 Å². The van der Waals surface area contributed by atoms with E-state index in [0.717, 1.165) is 23.6 Å². The first-order valence-corrected chi connectivity index (χ1v) is 6.63. The lowest BCUT2D eigenvalue weighted by Gasteiger charge is -1.90. The van der Waals surface area contributed by atoms with E-state index in [1.54, 1.807) is 11.3 Å². The van der Waals surface area contributed by atoms with Crippen molar-refractivity contribution >= 4 is 11.3 Å². The van der Waals surface area contributed by atoms with E-state index in [0.29, 0.717) is 13.3 Å². The highest BCUT2D eigenvalue weighted by Gasteiger charge is 2.09. The summed E-state index contributed by atoms with van der Waals surface area (Å²) >= 11 is 1.68. The van der Waals surface area contributed by atoms with Gasteiger partial charge in [-0.2, -0.15) is 0 Å². The van der Waals surface area contributed by atoms with Gasteiger partial charge in [-0.05, 0) is 25.6 Å². The molecule has 0 aliphatic carbocycles. The summed E-state index contributed by atoms with van der Waals surface area (Å²) in [5.41, 5.74) is 8.37. The van der Waals surface area contributed by atoms with Crippen LogP contribution in [0.2, 0.25) is 0 Å². The van der Waals surface area contributed by atoms with Crippen LogP contribution in [0.5, 0.6) is 11.5 Å². The third kappa shape index (κ3) is 3.21. The Kier molecular flexibility index (Phi) is 4.55. The molecule has 96 valence electrons. The molecule has 1 aromatic carbocycles. The summed E-state index contributed by atoms with van der Waals surface area (Å²) < 4.78 is 10.2. The number of hydrogen-bond acceptors (Lipinski definition) is 5. The number of rotatable bonds is 2. The van der Waals surface area contributed by atoms with Gasteiger partial charge in [-0.25, -0.2) is 4.98 Å². The molecule has 2 N–H and O–H groups in total. The van der Waals surface area contributed by atoms with Gasteiger partial charge < -0.3 is 15.2 Å². The summed E-state index contributed by atoms with van der Waals surface area (Å²) in [7, 11) is 0. The molecule has 2 heterocycles. The zero-order valence-corrected chi connectivity index (χ0v) is 11.1. The largest absolute Gasteiger partial charge is 0.454 e. The number of nitrogens with two attached hydrogens (primary N) is 1. The molecule has 0 unspecified atom stereocenters. The van der Waals surface area contributed by atoms with Crippen molar-refractivity contribution in [2.45, 2.75) is 13.3 Å². The van der Waals surface area contributed by atoms with Crippen LogP contribution in [0.3, 0.4) is 0 Å². The first-order chi connectivity index (χ1) is 8.81. The van der Waals surface area contributed by atoms with Crippen LogP contribution in [0.4, 0.5) is 0 Å². The number of hydrogen-bond donors (Lipinski definition) is 1. The Morgan fingerprint density at radius 1 is 1.28 bits per heavy atom. The summed E-state index contributed by atoms with van der Waals surface area (Å²) in [6, 6.07) is 7.63. The SMILES string of the molecule is Cc1scnc1CCN.c1ccc2c(c1)OCO2. The molecule has 0 saturated carbocycles. The van der Waals surface area contributed by atoms with E-state index in [4.69, 9.17) is 15.2 Å². The molecule has 0 radical (unpaired) electrons. The van der Waals surface area contributed by atoms with E-state index in [1.807, 2.05) is 29.8 Å². The number of thiazole rings is 1. The van der Waals surface area contributed by atoms with Crippen molar-refractivity contribution in [3.05, 3.63) is 40.3 Å². The Hall–Kier alpha value is -1.59. The van der Waals surface area contributed by atoms with Crippen molar-refractivity contribution in [1.82, 2.24) is 4.98 Å². The highest BCUT2D eigenvalue weighted by atomic mass is 32.1. The lowest BCUT2D eigenvalue weighted by molar-refractivity contribution is 0.174. The van der Waals surface area contributed by atoms with Gasteiger partial charge in [-0.3, -0.25) is 0 Å². The van der Waals surface area contributed by atoms with E-state index in [9.17, 15) is 0 Å². The molecule has 0 saturated heterocycles. The number of para-hydroxylation sites is 2. The number of nitrogens with zero attached hydrogens (tertiary/aromatic N) is 1. The molecule has 5 heteroatoms. The highest BCUT2D eigenvalue weighted by Crippen LogP contribution is 2.30. The number of fused-ring (bicyclic) bond motifs is 1. The standard InChI is InChI=1S/C7H6O2.C6H10N2S/c1-2-4-7-6(3-1)8-5-9-7;1-5-6(2-3-7)8-4-9-5/h1-4H,5H2;4H,2-3,7H2,1H3. The Morgan fingerprint density at radius 2 is 1.94 bits per heavy atom. The molecular weight excluding hydrogens is 248 g/mol. The van der Waals surface area contributed by atoms with Crippen LogP contribution < -0.4 is 15.2 Å². The third-order valence-corrected chi connectivity index (χ3v) is 3.30. The maximum atomic E-state index is 5.35. The van der Waals surface area contributed by atoms with Gasteiger partial charge in [0.1, 0.15) is 0 Å². The fraction of sp³-hybridized carbons (Fsp3) is 0.308. The van der Waals surface area contributed by atoms with Crippen LogP contribution in [0.1, 0.15) is 10.6 Å². The molecule has 0 amide bonds. The molecule has 0 fully saturated rings. The molecule has 4 nitrogen and oxygen atoms in total. The molecule has 2 aromatic rings. The number of benzene rings is 1. The summed E-state index contributed by atoms with van der Waals surface area (Å²) in [4.78, 5) is 5.44. The topological polar surface area (TPSA) is 57.4 Å². The maximum Gasteiger partial charge on any atom is 0.231 e. The van der Waals surface area contributed by atoms with E-state index in [2.05, 4.69) is 11.9 Å². The molecule has 1 aliphatic rings. The van der Waals surface area contributed by atoms with Crippen LogP contribution in [0, 0.1) is 6.92 Å². The van der Waals surface area contributed by atoms with Crippen LogP contribution >= 0.6 is 11.3 Å². The molecule has 0 spiro atoms. The molecular formula is C13H16N2O2S. The van der Waals surface area contributed by atoms with Gasteiger partial charge in [0.05, 0.1) is 11.2 Å². The van der Waals surface area contributed by atoms with Crippen molar-refractivity contribution in [3.8, 4) is 11.5 Å². The van der Waals surface area contributed by atoms with E-state index in [-0.39, 0.29) is 0 Å². The fourth-order valence-corrected chi connectivity index (χ4v) is 2.18. The first-order valence-electron chi connectivity index (χ1n) is 5.75. The second-order valence-electron chi connectivity index (χ2n) is 3.75. The van der Waals surface area contributed by atoms with Crippen LogP contribution in [-0.2, 0) is 6.42 Å². The first kappa shape index (κ1) is 12.9. The monoisotopic (exact) mass is 264 g/mol. The summed E-state index contributed by atoms with van der Waals surface area (Å²) in [5.74, 6) is 1.69. The molecule has 18 heavy (non-hydrogen) atoms. The quantitative estimate of drug-likeness (QED) is 0.904. The van der Waals surface area contributed by atoms with E-state index >= 15 is 0 Å². The van der Waals surface area contributed by atoms with Crippen molar-refractivity contribution in [3.63, 3.8) is 0 Å². The lowest BCUT2D eigenvalue weighted by Crippen LogP contribution is -2.03. The number of aryl methyl sites for hydroxylation is 1. The molecule has 1 aliphatic heterocycles. The van der Waals surface area contributed by atoms with Crippen molar-refractivity contribution < 1.29 is 9.47 Å². The Balaban J connectivity index is 0.000000134. The average molecular weight is 264 g/mol. The smallest absolute Gasteiger partial charge is 0.231 e. The Bertz CT molecular complexity index is 476. The fourth-order valence-electron chi connectivity index (χ4n) is 1.55. The summed E-state index contributed by atoms with van der Waals surface area (Å²) in [6.07, 6.45) is 0.912. The lowest BCUT2D eigenvalue weighted by atomic mass is 10.3. The predicted octanol–water partition coefficient (Wildman–Crippen LogP) is 2.37. The molecule has 1 aromatic heterocycles. The minimum atomic E-state index is 0.360. The second kappa shape index (κ2) is 6.37. The van der Waals surface area contributed by atoms with E-state index in [1.165, 1.54) is 4.88 Å². The molecule has 0 bridgehead atoms. The van der Waals surface area contributed by atoms with Crippen LogP contribution in [-0.4, -0.2) is 18.3 Å². The number of aromatic nitrogens is 1. The zero-order chi connectivity index (χ0) is 12.8. The Morgan fingerprint density at radius 3 is 2.44 bits per heavy atom. The van der Waals surface area contributed by atoms with Gasteiger partial charge >= 0.3 is 0 Å². The molecule has 3 rings (SSSR count). The Labute approximate surface area is 110 Å². The normalized spacial score (nSPS) is 11.9. The zero-order valence-electron chi connectivity index (χ0n) is 10.3. The number of ether oxygens (including phenoxy) is 2. The van der Waals surface area contributed by atoms with Gasteiger partial charge in [-0.1, -0.05) is 12.1 Å². The second-order valence-corrected chi connectivity index (χ2v) is 4.81. The van der Waals surface area contributed by atoms with Gasteiger partial charge in [-0.15, -0.1) is 11.3 Å². The summed E-state index contributed by atoms with van der Waals surface area (Å²) in [6.45, 7) is 3.13. The predicted molar refractivity (Wildman–Crippen MR) is 72.2 cm³/mol. The minimum absolute atomic E-state index is 0.360. The van der Waals surface area contributed by atoms with Crippen LogP contribution in [0.15, 0.2) is 29.8 Å². The van der Waals surface area contributed by atoms with E-state index < -0.39 is 0 Å². The van der Waals surface area contributed by atoms with Crippen LogP contribution in [0.25, 0.3) is 0 Å². The average Bonchev–Trinajstić information content (AvgIpc) is 3.00. The highest BCUT2D eigenvalue weighted by molar-refractivity contribution is 7.09. The maximum absolute atomic E-state index is 5.35.